The Balaban J connectivity index is 1.65. The number of aliphatic hydroxyl groups is 1. The Labute approximate surface area is 158 Å². The molecule has 0 radical (unpaired) electrons. The van der Waals surface area contributed by atoms with Gasteiger partial charge in [-0.3, -0.25) is 15.1 Å². The summed E-state index contributed by atoms with van der Waals surface area (Å²) in [5.74, 6) is -0.0561. The highest BCUT2D eigenvalue weighted by molar-refractivity contribution is 5.94. The second kappa shape index (κ2) is 8.86. The Hall–Kier alpha value is -2.60. The Morgan fingerprint density at radius 1 is 1.33 bits per heavy atom. The van der Waals surface area contributed by atoms with Crippen molar-refractivity contribution in [2.45, 2.75) is 39.0 Å². The van der Waals surface area contributed by atoms with Gasteiger partial charge in [0, 0.05) is 18.5 Å². The molecule has 1 aliphatic rings. The summed E-state index contributed by atoms with van der Waals surface area (Å²) in [6.07, 6.45) is 6.13. The van der Waals surface area contributed by atoms with E-state index < -0.39 is 0 Å². The van der Waals surface area contributed by atoms with Crippen LogP contribution in [0.3, 0.4) is 0 Å². The monoisotopic (exact) mass is 370 g/mol. The second-order valence-electron chi connectivity index (χ2n) is 6.84. The lowest BCUT2D eigenvalue weighted by Gasteiger charge is -2.24. The quantitative estimate of drug-likeness (QED) is 0.768. The number of aliphatic hydroxyl groups excluding tert-OH is 1. The minimum absolute atomic E-state index is 0.0659. The fourth-order valence-corrected chi connectivity index (χ4v) is 3.48. The smallest absolute Gasteiger partial charge is 0.257 e. The SMILES string of the molecule is CC[N+]1=CC(Cc2cccc(F)c2)CCC1NC(=O)c1ccc(CO)nc1. The van der Waals surface area contributed by atoms with Crippen LogP contribution in [0.5, 0.6) is 0 Å². The van der Waals surface area contributed by atoms with Gasteiger partial charge in [0.25, 0.3) is 5.91 Å². The van der Waals surface area contributed by atoms with Gasteiger partial charge in [-0.2, -0.15) is 0 Å². The van der Waals surface area contributed by atoms with Gasteiger partial charge < -0.3 is 5.11 Å². The van der Waals surface area contributed by atoms with E-state index in [4.69, 9.17) is 5.11 Å². The summed E-state index contributed by atoms with van der Waals surface area (Å²) in [5.41, 5.74) is 2.00. The summed E-state index contributed by atoms with van der Waals surface area (Å²) in [5, 5.41) is 12.1. The summed E-state index contributed by atoms with van der Waals surface area (Å²) in [4.78, 5) is 16.5. The standard InChI is InChI=1S/C21H24FN3O2/c1-2-25-13-16(10-15-4-3-5-18(22)11-15)6-9-20(25)24-21(27)17-7-8-19(14-26)23-12-17/h3-5,7-8,11-13,16,20,26H,2,6,9-10,14H2,1H3/p+1. The van der Waals surface area contributed by atoms with Gasteiger partial charge in [-0.05, 0) is 49.6 Å². The molecule has 2 N–H and O–H groups in total. The molecule has 1 amide bonds. The van der Waals surface area contributed by atoms with E-state index in [1.807, 2.05) is 6.07 Å². The van der Waals surface area contributed by atoms with Crippen LogP contribution in [0.25, 0.3) is 0 Å². The molecular formula is C21H25FN3O2+. The highest BCUT2D eigenvalue weighted by Gasteiger charge is 2.29. The highest BCUT2D eigenvalue weighted by Crippen LogP contribution is 2.19. The van der Waals surface area contributed by atoms with Gasteiger partial charge in [0.05, 0.1) is 17.9 Å². The first kappa shape index (κ1) is 19.2. The van der Waals surface area contributed by atoms with Crippen molar-refractivity contribution in [1.82, 2.24) is 10.3 Å². The summed E-state index contributed by atoms with van der Waals surface area (Å²) < 4.78 is 15.5. The number of benzene rings is 1. The van der Waals surface area contributed by atoms with Crippen molar-refractivity contribution in [3.63, 3.8) is 0 Å². The van der Waals surface area contributed by atoms with Crippen molar-refractivity contribution >= 4 is 12.1 Å². The maximum atomic E-state index is 13.4. The maximum Gasteiger partial charge on any atom is 0.257 e. The number of rotatable bonds is 6. The third kappa shape index (κ3) is 4.98. The van der Waals surface area contributed by atoms with Crippen LogP contribution in [0.2, 0.25) is 0 Å². The van der Waals surface area contributed by atoms with Gasteiger partial charge in [-0.15, -0.1) is 0 Å². The number of halogens is 1. The molecule has 5 nitrogen and oxygen atoms in total. The Kier molecular flexibility index (Phi) is 6.29. The molecule has 1 aliphatic heterocycles. The van der Waals surface area contributed by atoms with Gasteiger partial charge in [-0.1, -0.05) is 12.1 Å². The number of carbonyl (C=O) groups is 1. The molecule has 0 bridgehead atoms. The lowest BCUT2D eigenvalue weighted by molar-refractivity contribution is -0.570. The molecule has 0 aliphatic carbocycles. The van der Waals surface area contributed by atoms with Crippen molar-refractivity contribution in [2.75, 3.05) is 6.54 Å². The maximum absolute atomic E-state index is 13.4. The number of nitrogens with zero attached hydrogens (tertiary/aromatic N) is 2. The van der Waals surface area contributed by atoms with Gasteiger partial charge >= 0.3 is 0 Å². The van der Waals surface area contributed by atoms with Crippen molar-refractivity contribution in [3.8, 4) is 0 Å². The summed E-state index contributed by atoms with van der Waals surface area (Å²) in [7, 11) is 0. The second-order valence-corrected chi connectivity index (χ2v) is 6.84. The van der Waals surface area contributed by atoms with Gasteiger partial charge in [-0.25, -0.2) is 8.97 Å². The Bertz CT molecular complexity index is 820. The molecule has 2 atom stereocenters. The minimum atomic E-state index is -0.207. The summed E-state index contributed by atoms with van der Waals surface area (Å²) in [6.45, 7) is 2.69. The zero-order chi connectivity index (χ0) is 19.2. The third-order valence-corrected chi connectivity index (χ3v) is 4.91. The van der Waals surface area contributed by atoms with Crippen LogP contribution in [0, 0.1) is 11.7 Å². The Morgan fingerprint density at radius 3 is 2.85 bits per heavy atom. The van der Waals surface area contributed by atoms with E-state index in [0.717, 1.165) is 31.4 Å². The van der Waals surface area contributed by atoms with E-state index in [1.165, 1.54) is 12.3 Å². The number of pyridine rings is 1. The number of amides is 1. The molecule has 0 spiro atoms. The van der Waals surface area contributed by atoms with Crippen LogP contribution < -0.4 is 5.32 Å². The highest BCUT2D eigenvalue weighted by atomic mass is 19.1. The first-order chi connectivity index (χ1) is 13.1. The van der Waals surface area contributed by atoms with Crippen LogP contribution in [0.1, 0.15) is 41.4 Å². The topological polar surface area (TPSA) is 65.2 Å². The zero-order valence-electron chi connectivity index (χ0n) is 15.4. The molecule has 2 unspecified atom stereocenters. The predicted molar refractivity (Wildman–Crippen MR) is 101 cm³/mol. The fraction of sp³-hybridized carbons (Fsp3) is 0.381. The van der Waals surface area contributed by atoms with Gasteiger partial charge in [0.15, 0.2) is 0 Å². The molecule has 2 aromatic rings. The van der Waals surface area contributed by atoms with Crippen molar-refractivity contribution < 1.29 is 18.9 Å². The first-order valence-corrected chi connectivity index (χ1v) is 9.31. The average molecular weight is 370 g/mol. The van der Waals surface area contributed by atoms with Crippen LogP contribution in [0.15, 0.2) is 42.6 Å². The number of nitrogens with one attached hydrogen (secondary N) is 1. The molecular weight excluding hydrogens is 345 g/mol. The average Bonchev–Trinajstić information content (AvgIpc) is 2.69. The number of aromatic nitrogens is 1. The van der Waals surface area contributed by atoms with Gasteiger partial charge in [0.1, 0.15) is 18.6 Å². The van der Waals surface area contributed by atoms with E-state index in [0.29, 0.717) is 17.2 Å². The third-order valence-electron chi connectivity index (χ3n) is 4.91. The van der Waals surface area contributed by atoms with Crippen LogP contribution in [0.4, 0.5) is 4.39 Å². The lowest BCUT2D eigenvalue weighted by Crippen LogP contribution is -2.47. The minimum Gasteiger partial charge on any atom is -0.390 e. The van der Waals surface area contributed by atoms with Crippen LogP contribution in [-0.2, 0) is 13.0 Å². The normalized spacial score (nSPS) is 19.4. The van der Waals surface area contributed by atoms with Crippen LogP contribution >= 0.6 is 0 Å². The molecule has 0 saturated carbocycles. The molecule has 1 aromatic heterocycles. The van der Waals surface area contributed by atoms with Crippen LogP contribution in [-0.4, -0.2) is 39.5 Å². The first-order valence-electron chi connectivity index (χ1n) is 9.31. The van der Waals surface area contributed by atoms with E-state index in [2.05, 4.69) is 28.0 Å². The molecule has 3 rings (SSSR count). The molecule has 2 heterocycles. The molecule has 0 fully saturated rings. The summed E-state index contributed by atoms with van der Waals surface area (Å²) in [6, 6.07) is 10.0. The number of carbonyl (C=O) groups excluding carboxylic acids is 1. The molecule has 142 valence electrons. The number of hydrogen-bond acceptors (Lipinski definition) is 3. The van der Waals surface area contributed by atoms with Crippen molar-refractivity contribution in [1.29, 1.82) is 0 Å². The largest absolute Gasteiger partial charge is 0.390 e. The Morgan fingerprint density at radius 2 is 2.19 bits per heavy atom. The zero-order valence-corrected chi connectivity index (χ0v) is 15.4. The molecule has 0 saturated heterocycles. The molecule has 6 heteroatoms. The number of hydrogen-bond donors (Lipinski definition) is 2. The van der Waals surface area contributed by atoms with E-state index >= 15 is 0 Å². The van der Waals surface area contributed by atoms with Gasteiger partial charge in [0.2, 0.25) is 6.17 Å². The predicted octanol–water partition coefficient (Wildman–Crippen LogP) is 2.52. The molecule has 27 heavy (non-hydrogen) atoms. The van der Waals surface area contributed by atoms with Crippen molar-refractivity contribution in [2.24, 2.45) is 5.92 Å². The lowest BCUT2D eigenvalue weighted by atomic mass is 9.92. The fourth-order valence-electron chi connectivity index (χ4n) is 3.48. The molecule has 1 aromatic carbocycles. The van der Waals surface area contributed by atoms with E-state index in [9.17, 15) is 9.18 Å². The van der Waals surface area contributed by atoms with E-state index in [1.54, 1.807) is 24.3 Å². The summed E-state index contributed by atoms with van der Waals surface area (Å²) >= 11 is 0. The van der Waals surface area contributed by atoms with E-state index in [-0.39, 0.29) is 24.5 Å². The van der Waals surface area contributed by atoms with Crippen molar-refractivity contribution in [3.05, 3.63) is 65.2 Å².